The summed E-state index contributed by atoms with van der Waals surface area (Å²) >= 11 is 0. The first-order chi connectivity index (χ1) is 8.29. The Kier molecular flexibility index (Phi) is 2.82. The van der Waals surface area contributed by atoms with Gasteiger partial charge in [-0.3, -0.25) is 4.79 Å². The molecule has 1 aromatic heterocycles. The molecule has 96 valence electrons. The molecule has 1 aromatic carbocycles. The van der Waals surface area contributed by atoms with Gasteiger partial charge in [-0.2, -0.15) is 5.10 Å². The summed E-state index contributed by atoms with van der Waals surface area (Å²) in [5, 5.41) is 22.8. The lowest BCUT2D eigenvalue weighted by Gasteiger charge is -2.17. The first-order valence-electron chi connectivity index (χ1n) is 5.39. The predicted octanol–water partition coefficient (Wildman–Crippen LogP) is 1.01. The molecule has 2 rings (SSSR count). The van der Waals surface area contributed by atoms with Crippen molar-refractivity contribution in [3.8, 4) is 5.75 Å². The second-order valence-electron chi connectivity index (χ2n) is 4.77. The van der Waals surface area contributed by atoms with Gasteiger partial charge in [0.15, 0.2) is 0 Å². The van der Waals surface area contributed by atoms with E-state index in [2.05, 4.69) is 5.10 Å². The molecule has 0 radical (unpaired) electrons. The molecular weight excluding hydrogens is 239 g/mol. The summed E-state index contributed by atoms with van der Waals surface area (Å²) in [5.74, 6) is -0.925. The third kappa shape index (κ3) is 2.19. The Morgan fingerprint density at radius 1 is 1.44 bits per heavy atom. The molecule has 0 unspecified atom stereocenters. The van der Waals surface area contributed by atoms with Crippen LogP contribution in [0.15, 0.2) is 23.1 Å². The molecule has 0 aliphatic rings. The van der Waals surface area contributed by atoms with Crippen LogP contribution in [0.2, 0.25) is 0 Å². The highest BCUT2D eigenvalue weighted by molar-refractivity contribution is 5.86. The van der Waals surface area contributed by atoms with Crippen LogP contribution in [0, 0.1) is 5.82 Å². The number of halogens is 1. The van der Waals surface area contributed by atoms with E-state index in [1.807, 2.05) is 0 Å². The SMILES string of the molecule is CC(C)(O)Cn1ncc2c(O)ccc(F)c2c1=O. The van der Waals surface area contributed by atoms with E-state index in [1.54, 1.807) is 0 Å². The third-order valence-electron chi connectivity index (χ3n) is 2.48. The Morgan fingerprint density at radius 2 is 2.11 bits per heavy atom. The summed E-state index contributed by atoms with van der Waals surface area (Å²) in [6.45, 7) is 2.98. The summed E-state index contributed by atoms with van der Waals surface area (Å²) in [5.41, 5.74) is -1.82. The largest absolute Gasteiger partial charge is 0.507 e. The normalized spacial score (nSPS) is 12.0. The van der Waals surface area contributed by atoms with E-state index in [-0.39, 0.29) is 23.1 Å². The number of hydrogen-bond acceptors (Lipinski definition) is 4. The van der Waals surface area contributed by atoms with Crippen LogP contribution in [0.25, 0.3) is 10.8 Å². The zero-order chi connectivity index (χ0) is 13.5. The molecule has 6 heteroatoms. The molecule has 0 fully saturated rings. The zero-order valence-electron chi connectivity index (χ0n) is 10.0. The molecule has 0 bridgehead atoms. The third-order valence-corrected chi connectivity index (χ3v) is 2.48. The van der Waals surface area contributed by atoms with Crippen LogP contribution < -0.4 is 5.56 Å². The molecule has 2 N–H and O–H groups in total. The van der Waals surface area contributed by atoms with Gasteiger partial charge >= 0.3 is 0 Å². The Morgan fingerprint density at radius 3 is 2.72 bits per heavy atom. The van der Waals surface area contributed by atoms with Crippen molar-refractivity contribution >= 4 is 10.8 Å². The van der Waals surface area contributed by atoms with Crippen LogP contribution in [-0.4, -0.2) is 25.6 Å². The van der Waals surface area contributed by atoms with Crippen molar-refractivity contribution in [2.75, 3.05) is 0 Å². The predicted molar refractivity (Wildman–Crippen MR) is 63.9 cm³/mol. The van der Waals surface area contributed by atoms with Crippen molar-refractivity contribution in [1.29, 1.82) is 0 Å². The molecule has 0 aliphatic carbocycles. The lowest BCUT2D eigenvalue weighted by atomic mass is 10.1. The number of benzene rings is 1. The van der Waals surface area contributed by atoms with Crippen molar-refractivity contribution in [3.05, 3.63) is 34.5 Å². The van der Waals surface area contributed by atoms with E-state index in [0.717, 1.165) is 10.7 Å². The fourth-order valence-electron chi connectivity index (χ4n) is 1.72. The number of nitrogens with zero attached hydrogens (tertiary/aromatic N) is 2. The number of phenolic OH excluding ortho intramolecular Hbond substituents is 1. The summed E-state index contributed by atoms with van der Waals surface area (Å²) in [4.78, 5) is 12.0. The van der Waals surface area contributed by atoms with Crippen LogP contribution in [0.3, 0.4) is 0 Å². The standard InChI is InChI=1S/C12H13FN2O3/c1-12(2,18)6-15-11(17)10-7(5-14-15)9(16)4-3-8(10)13/h3-5,16,18H,6H2,1-2H3. The molecule has 0 atom stereocenters. The van der Waals surface area contributed by atoms with Gasteiger partial charge in [-0.1, -0.05) is 0 Å². The molecule has 0 aliphatic heterocycles. The van der Waals surface area contributed by atoms with E-state index in [4.69, 9.17) is 0 Å². The van der Waals surface area contributed by atoms with Crippen LogP contribution in [-0.2, 0) is 6.54 Å². The van der Waals surface area contributed by atoms with Gasteiger partial charge in [0.25, 0.3) is 5.56 Å². The molecule has 2 aromatic rings. The first-order valence-corrected chi connectivity index (χ1v) is 5.39. The maximum atomic E-state index is 13.6. The monoisotopic (exact) mass is 252 g/mol. The quantitative estimate of drug-likeness (QED) is 0.836. The van der Waals surface area contributed by atoms with E-state index in [9.17, 15) is 19.4 Å². The molecule has 0 amide bonds. The summed E-state index contributed by atoms with van der Waals surface area (Å²) in [6, 6.07) is 2.19. The van der Waals surface area contributed by atoms with E-state index in [0.29, 0.717) is 0 Å². The van der Waals surface area contributed by atoms with Crippen molar-refractivity contribution in [2.24, 2.45) is 0 Å². The van der Waals surface area contributed by atoms with Gasteiger partial charge in [0.05, 0.1) is 29.1 Å². The molecular formula is C12H13FN2O3. The maximum absolute atomic E-state index is 13.6. The van der Waals surface area contributed by atoms with Gasteiger partial charge in [-0.25, -0.2) is 9.07 Å². The fraction of sp³-hybridized carbons (Fsp3) is 0.333. The molecule has 0 spiro atoms. The van der Waals surface area contributed by atoms with Crippen molar-refractivity contribution in [2.45, 2.75) is 26.0 Å². The van der Waals surface area contributed by atoms with E-state index >= 15 is 0 Å². The van der Waals surface area contributed by atoms with Gasteiger partial charge in [-0.15, -0.1) is 0 Å². The average Bonchev–Trinajstić information content (AvgIpc) is 2.25. The van der Waals surface area contributed by atoms with Gasteiger partial charge < -0.3 is 10.2 Å². The summed E-state index contributed by atoms with van der Waals surface area (Å²) in [6.07, 6.45) is 1.21. The number of hydrogen-bond donors (Lipinski definition) is 2. The Hall–Kier alpha value is -1.95. The van der Waals surface area contributed by atoms with Gasteiger partial charge in [0.1, 0.15) is 11.6 Å². The second-order valence-corrected chi connectivity index (χ2v) is 4.77. The number of fused-ring (bicyclic) bond motifs is 1. The van der Waals surface area contributed by atoms with Crippen molar-refractivity contribution in [1.82, 2.24) is 9.78 Å². The molecule has 0 saturated heterocycles. The molecule has 1 heterocycles. The van der Waals surface area contributed by atoms with E-state index in [1.165, 1.54) is 26.1 Å². The highest BCUT2D eigenvalue weighted by Crippen LogP contribution is 2.23. The number of rotatable bonds is 2. The maximum Gasteiger partial charge on any atom is 0.277 e. The number of phenols is 1. The first kappa shape index (κ1) is 12.5. The highest BCUT2D eigenvalue weighted by Gasteiger charge is 2.18. The van der Waals surface area contributed by atoms with Gasteiger partial charge in [0, 0.05) is 0 Å². The lowest BCUT2D eigenvalue weighted by Crippen LogP contribution is -2.34. The number of aromatic hydroxyl groups is 1. The van der Waals surface area contributed by atoms with Gasteiger partial charge in [0.2, 0.25) is 0 Å². The molecule has 18 heavy (non-hydrogen) atoms. The molecule has 5 nitrogen and oxygen atoms in total. The smallest absolute Gasteiger partial charge is 0.277 e. The minimum atomic E-state index is -1.14. The average molecular weight is 252 g/mol. The van der Waals surface area contributed by atoms with Crippen LogP contribution in [0.4, 0.5) is 4.39 Å². The zero-order valence-corrected chi connectivity index (χ0v) is 10.0. The van der Waals surface area contributed by atoms with Crippen LogP contribution >= 0.6 is 0 Å². The topological polar surface area (TPSA) is 75.3 Å². The minimum Gasteiger partial charge on any atom is -0.507 e. The Labute approximate surface area is 102 Å². The minimum absolute atomic E-state index is 0.0587. The van der Waals surface area contributed by atoms with Crippen LogP contribution in [0.1, 0.15) is 13.8 Å². The Bertz CT molecular complexity index is 659. The van der Waals surface area contributed by atoms with E-state index < -0.39 is 17.0 Å². The molecule has 0 saturated carbocycles. The highest BCUT2D eigenvalue weighted by atomic mass is 19.1. The number of aromatic nitrogens is 2. The fourth-order valence-corrected chi connectivity index (χ4v) is 1.72. The summed E-state index contributed by atoms with van der Waals surface area (Å²) < 4.78 is 14.6. The van der Waals surface area contributed by atoms with Crippen molar-refractivity contribution < 1.29 is 14.6 Å². The summed E-state index contributed by atoms with van der Waals surface area (Å²) in [7, 11) is 0. The van der Waals surface area contributed by atoms with Crippen molar-refractivity contribution in [3.63, 3.8) is 0 Å². The second kappa shape index (κ2) is 4.06. The Balaban J connectivity index is 2.72. The lowest BCUT2D eigenvalue weighted by molar-refractivity contribution is 0.0563. The van der Waals surface area contributed by atoms with Gasteiger partial charge in [-0.05, 0) is 26.0 Å². The number of aliphatic hydroxyl groups is 1. The van der Waals surface area contributed by atoms with Crippen LogP contribution in [0.5, 0.6) is 5.75 Å².